The minimum absolute atomic E-state index is 0.0369. The van der Waals surface area contributed by atoms with E-state index in [4.69, 9.17) is 0 Å². The molecule has 6 heteroatoms. The fourth-order valence-electron chi connectivity index (χ4n) is 1.08. The van der Waals surface area contributed by atoms with Crippen LogP contribution in [0.1, 0.15) is 6.92 Å². The van der Waals surface area contributed by atoms with Crippen molar-refractivity contribution in [2.75, 3.05) is 6.26 Å². The molecule has 0 heterocycles. The maximum Gasteiger partial charge on any atom is 0.217 e. The van der Waals surface area contributed by atoms with Gasteiger partial charge in [-0.25, -0.2) is 8.42 Å². The summed E-state index contributed by atoms with van der Waals surface area (Å²) in [6.07, 6.45) is 5.23. The van der Waals surface area contributed by atoms with Gasteiger partial charge in [0.1, 0.15) is 0 Å². The van der Waals surface area contributed by atoms with Crippen LogP contribution in [-0.2, 0) is 20.1 Å². The molecule has 78 valence electrons. The highest BCUT2D eigenvalue weighted by Crippen LogP contribution is 2.16. The summed E-state index contributed by atoms with van der Waals surface area (Å²) < 4.78 is 43.7. The largest absolute Gasteiger partial charge is 0.224 e. The Morgan fingerprint density at radius 1 is 1.36 bits per heavy atom. The van der Waals surface area contributed by atoms with Crippen LogP contribution in [0.25, 0.3) is 0 Å². The van der Waals surface area contributed by atoms with Gasteiger partial charge < -0.3 is 0 Å². The topological polar surface area (TPSA) is 68.3 Å². The molecule has 0 aromatic rings. The smallest absolute Gasteiger partial charge is 0.217 e. The van der Waals surface area contributed by atoms with Gasteiger partial charge in [0.2, 0.25) is 10.3 Å². The second kappa shape index (κ2) is 3.70. The van der Waals surface area contributed by atoms with Gasteiger partial charge in [0, 0.05) is 12.2 Å². The Morgan fingerprint density at radius 2 is 1.93 bits per heavy atom. The van der Waals surface area contributed by atoms with Crippen molar-refractivity contribution < 1.29 is 16.8 Å². The monoisotopic (exact) mass is 234 g/mol. The van der Waals surface area contributed by atoms with Crippen LogP contribution in [0.3, 0.4) is 0 Å². The summed E-state index contributed by atoms with van der Waals surface area (Å²) in [7, 11) is -5.70. The molecule has 0 amide bonds. The Bertz CT molecular complexity index is 524. The zero-order chi connectivity index (χ0) is 10.9. The van der Waals surface area contributed by atoms with Crippen LogP contribution in [0.5, 0.6) is 0 Å². The molecular weight excluding hydrogens is 224 g/mol. The first-order chi connectivity index (χ1) is 6.32. The van der Waals surface area contributed by atoms with Crippen LogP contribution in [0.2, 0.25) is 0 Å². The van der Waals surface area contributed by atoms with Gasteiger partial charge in [0.05, 0.1) is 9.77 Å². The maximum atomic E-state index is 11.1. The minimum atomic E-state index is -3.34. The van der Waals surface area contributed by atoms with E-state index < -0.39 is 20.1 Å². The van der Waals surface area contributed by atoms with Crippen molar-refractivity contribution in [1.29, 1.82) is 0 Å². The van der Waals surface area contributed by atoms with Gasteiger partial charge in [-0.05, 0) is 12.2 Å². The highest BCUT2D eigenvalue weighted by Gasteiger charge is 2.17. The summed E-state index contributed by atoms with van der Waals surface area (Å²) in [6.45, 7) is 1.69. The van der Waals surface area contributed by atoms with Crippen molar-refractivity contribution in [3.63, 3.8) is 0 Å². The summed E-state index contributed by atoms with van der Waals surface area (Å²) in [5, 5.41) is 0. The van der Waals surface area contributed by atoms with E-state index in [-0.39, 0.29) is 15.7 Å². The lowest BCUT2D eigenvalue weighted by Crippen LogP contribution is -2.14. The first-order valence-electron chi connectivity index (χ1n) is 3.88. The molecule has 0 aromatic heterocycles. The molecule has 0 aromatic carbocycles. The van der Waals surface area contributed by atoms with Crippen molar-refractivity contribution in [1.82, 2.24) is 0 Å². The summed E-state index contributed by atoms with van der Waals surface area (Å²) in [4.78, 5) is 0.141. The first-order valence-corrected chi connectivity index (χ1v) is 6.85. The summed E-state index contributed by atoms with van der Waals surface area (Å²) in [5.41, 5.74) is 0. The highest BCUT2D eigenvalue weighted by molar-refractivity contribution is 7.94. The molecule has 1 aliphatic rings. The van der Waals surface area contributed by atoms with Gasteiger partial charge in [-0.2, -0.15) is 8.42 Å². The molecule has 0 bridgehead atoms. The lowest BCUT2D eigenvalue weighted by molar-refractivity contribution is 0.608. The Morgan fingerprint density at radius 3 is 2.36 bits per heavy atom. The van der Waals surface area contributed by atoms with Crippen molar-refractivity contribution in [3.05, 3.63) is 23.1 Å². The van der Waals surface area contributed by atoms with E-state index in [1.165, 1.54) is 12.2 Å². The van der Waals surface area contributed by atoms with E-state index in [9.17, 15) is 16.8 Å². The third-order valence-corrected chi connectivity index (χ3v) is 3.89. The molecule has 0 saturated carbocycles. The van der Waals surface area contributed by atoms with Crippen LogP contribution >= 0.6 is 0 Å². The Balaban J connectivity index is 3.39. The highest BCUT2D eigenvalue weighted by atomic mass is 32.2. The van der Waals surface area contributed by atoms with Crippen molar-refractivity contribution in [3.8, 4) is 0 Å². The van der Waals surface area contributed by atoms with Gasteiger partial charge in [0.25, 0.3) is 0 Å². The fraction of sp³-hybridized carbons (Fsp3) is 0.375. The predicted molar refractivity (Wildman–Crippen MR) is 55.2 cm³/mol. The second-order valence-corrected chi connectivity index (χ2v) is 6.06. The number of allylic oxidation sites excluding steroid dienone is 3. The first kappa shape index (κ1) is 11.2. The second-order valence-electron chi connectivity index (χ2n) is 3.10. The van der Waals surface area contributed by atoms with E-state index in [2.05, 4.69) is 0 Å². The standard InChI is InChI=1S/C8H10O4S2/c1-6-3-4-7(14(2,11)12)5-8(6)13(9)10/h3-6H,1-2H3. The molecule has 4 nitrogen and oxygen atoms in total. The zero-order valence-electron chi connectivity index (χ0n) is 7.76. The minimum Gasteiger partial charge on any atom is -0.224 e. The molecule has 0 N–H and O–H groups in total. The molecule has 0 fully saturated rings. The van der Waals surface area contributed by atoms with Crippen LogP contribution in [0, 0.1) is 5.92 Å². The predicted octanol–water partition coefficient (Wildman–Crippen LogP) is 0.172. The number of rotatable bonds is 1. The van der Waals surface area contributed by atoms with Crippen LogP contribution in [-0.4, -0.2) is 28.0 Å². The quantitative estimate of drug-likeness (QED) is 0.607. The molecular formula is C8H10O4S2. The lowest BCUT2D eigenvalue weighted by Gasteiger charge is -2.10. The van der Waals surface area contributed by atoms with Gasteiger partial charge in [-0.15, -0.1) is 0 Å². The number of sulfone groups is 1. The molecule has 0 aliphatic heterocycles. The molecule has 0 spiro atoms. The van der Waals surface area contributed by atoms with E-state index in [1.807, 2.05) is 0 Å². The SMILES string of the molecule is CC1C=CC(S(C)(=O)=O)=CC1=S(=O)=O. The summed E-state index contributed by atoms with van der Waals surface area (Å²) in [6, 6.07) is 0. The van der Waals surface area contributed by atoms with E-state index >= 15 is 0 Å². The van der Waals surface area contributed by atoms with Crippen LogP contribution in [0.15, 0.2) is 23.1 Å². The van der Waals surface area contributed by atoms with E-state index in [1.54, 1.807) is 13.0 Å². The van der Waals surface area contributed by atoms with Crippen molar-refractivity contribution in [2.24, 2.45) is 5.92 Å². The summed E-state index contributed by atoms with van der Waals surface area (Å²) in [5.74, 6) is -0.265. The third-order valence-electron chi connectivity index (χ3n) is 1.90. The molecule has 1 atom stereocenters. The van der Waals surface area contributed by atoms with Crippen molar-refractivity contribution in [2.45, 2.75) is 6.92 Å². The molecule has 14 heavy (non-hydrogen) atoms. The Labute approximate surface area is 84.4 Å². The lowest BCUT2D eigenvalue weighted by atomic mass is 10.0. The van der Waals surface area contributed by atoms with Crippen LogP contribution in [0.4, 0.5) is 0 Å². The van der Waals surface area contributed by atoms with Gasteiger partial charge >= 0.3 is 0 Å². The van der Waals surface area contributed by atoms with E-state index in [0.29, 0.717) is 0 Å². The Hall–Kier alpha value is -0.880. The normalized spacial score (nSPS) is 22.0. The third kappa shape index (κ3) is 2.33. The average Bonchev–Trinajstić information content (AvgIpc) is 2.02. The molecule has 1 unspecified atom stereocenters. The van der Waals surface area contributed by atoms with Gasteiger partial charge in [0.15, 0.2) is 9.84 Å². The molecule has 1 aliphatic carbocycles. The summed E-state index contributed by atoms with van der Waals surface area (Å²) >= 11 is 0. The zero-order valence-corrected chi connectivity index (χ0v) is 9.39. The maximum absolute atomic E-state index is 11.1. The molecule has 1 rings (SSSR count). The van der Waals surface area contributed by atoms with Gasteiger partial charge in [-0.3, -0.25) is 0 Å². The van der Waals surface area contributed by atoms with E-state index in [0.717, 1.165) is 6.26 Å². The fourth-order valence-corrected chi connectivity index (χ4v) is 2.43. The number of hydrogen-bond acceptors (Lipinski definition) is 4. The number of hydrogen-bond donors (Lipinski definition) is 0. The van der Waals surface area contributed by atoms with Gasteiger partial charge in [-0.1, -0.05) is 13.0 Å². The Kier molecular flexibility index (Phi) is 2.96. The van der Waals surface area contributed by atoms with Crippen LogP contribution < -0.4 is 0 Å². The molecule has 0 radical (unpaired) electrons. The van der Waals surface area contributed by atoms with Crippen molar-refractivity contribution >= 4 is 25.0 Å². The average molecular weight is 234 g/mol. The molecule has 0 saturated heterocycles.